The zero-order chi connectivity index (χ0) is 15.1. The van der Waals surface area contributed by atoms with Crippen molar-refractivity contribution in [3.8, 4) is 0 Å². The molecule has 1 aliphatic rings. The molecule has 1 aromatic carbocycles. The summed E-state index contributed by atoms with van der Waals surface area (Å²) in [4.78, 5) is 0.183. The molecule has 0 aromatic heterocycles. The molecule has 3 N–H and O–H groups in total. The van der Waals surface area contributed by atoms with Gasteiger partial charge in [-0.1, -0.05) is 18.5 Å². The molecule has 20 heavy (non-hydrogen) atoms. The molecule has 5 nitrogen and oxygen atoms in total. The van der Waals surface area contributed by atoms with Crippen LogP contribution in [0.5, 0.6) is 0 Å². The number of aryl methyl sites for hydroxylation is 1. The van der Waals surface area contributed by atoms with Gasteiger partial charge in [0, 0.05) is 13.1 Å². The summed E-state index contributed by atoms with van der Waals surface area (Å²) in [5.41, 5.74) is 6.53. The molecule has 0 bridgehead atoms. The zero-order valence-corrected chi connectivity index (χ0v) is 13.1. The highest BCUT2D eigenvalue weighted by molar-refractivity contribution is 7.89. The van der Waals surface area contributed by atoms with E-state index in [-0.39, 0.29) is 16.5 Å². The summed E-state index contributed by atoms with van der Waals surface area (Å²) in [6.07, 6.45) is 0.000491. The third kappa shape index (κ3) is 2.79. The number of hydrogen-bond acceptors (Lipinski definition) is 4. The number of hydrogen-bond donors (Lipinski definition) is 2. The lowest BCUT2D eigenvalue weighted by Gasteiger charge is -2.33. The average molecular weight is 319 g/mol. The largest absolute Gasteiger partial charge is 0.397 e. The SMILES string of the molecule is Cc1cc(Cl)c(N)cc1S(=O)(=O)N1CCC(O)C(C)C1. The number of nitrogens with zero attached hydrogens (tertiary/aromatic N) is 1. The molecule has 1 aromatic rings. The lowest BCUT2D eigenvalue weighted by molar-refractivity contribution is 0.0628. The van der Waals surface area contributed by atoms with E-state index in [2.05, 4.69) is 0 Å². The van der Waals surface area contributed by atoms with Gasteiger partial charge in [-0.15, -0.1) is 0 Å². The minimum Gasteiger partial charge on any atom is -0.397 e. The quantitative estimate of drug-likeness (QED) is 0.812. The fourth-order valence-electron chi connectivity index (χ4n) is 2.40. The van der Waals surface area contributed by atoms with Gasteiger partial charge in [-0.2, -0.15) is 4.31 Å². The first-order valence-electron chi connectivity index (χ1n) is 6.47. The first-order chi connectivity index (χ1) is 9.23. The van der Waals surface area contributed by atoms with E-state index in [9.17, 15) is 13.5 Å². The first kappa shape index (κ1) is 15.6. The van der Waals surface area contributed by atoms with Gasteiger partial charge in [0.05, 0.1) is 21.7 Å². The van der Waals surface area contributed by atoms with E-state index < -0.39 is 16.1 Å². The summed E-state index contributed by atoms with van der Waals surface area (Å²) >= 11 is 5.90. The Bertz CT molecular complexity index is 618. The zero-order valence-electron chi connectivity index (χ0n) is 11.5. The summed E-state index contributed by atoms with van der Waals surface area (Å²) in [5.74, 6) is -0.0801. The van der Waals surface area contributed by atoms with Crippen molar-refractivity contribution in [2.24, 2.45) is 5.92 Å². The van der Waals surface area contributed by atoms with E-state index in [0.29, 0.717) is 30.1 Å². The van der Waals surface area contributed by atoms with Gasteiger partial charge in [0.1, 0.15) is 0 Å². The highest BCUT2D eigenvalue weighted by Crippen LogP contribution is 2.30. The minimum atomic E-state index is -3.60. The van der Waals surface area contributed by atoms with Crippen LogP contribution in [0.15, 0.2) is 17.0 Å². The molecule has 1 aliphatic heterocycles. The number of nitrogens with two attached hydrogens (primary N) is 1. The predicted molar refractivity (Wildman–Crippen MR) is 79.1 cm³/mol. The molecule has 2 rings (SSSR count). The van der Waals surface area contributed by atoms with Gasteiger partial charge in [0.15, 0.2) is 0 Å². The molecule has 1 heterocycles. The van der Waals surface area contributed by atoms with Crippen molar-refractivity contribution in [2.75, 3.05) is 18.8 Å². The molecule has 0 aliphatic carbocycles. The molecule has 0 radical (unpaired) electrons. The van der Waals surface area contributed by atoms with Crippen LogP contribution < -0.4 is 5.73 Å². The Labute approximate surface area is 124 Å². The number of anilines is 1. The predicted octanol–water partition coefficient (Wildman–Crippen LogP) is 1.62. The van der Waals surface area contributed by atoms with Gasteiger partial charge in [0.25, 0.3) is 0 Å². The van der Waals surface area contributed by atoms with E-state index in [1.165, 1.54) is 10.4 Å². The van der Waals surface area contributed by atoms with Crippen LogP contribution in [0.2, 0.25) is 5.02 Å². The molecule has 0 saturated carbocycles. The second-order valence-corrected chi connectivity index (χ2v) is 7.65. The highest BCUT2D eigenvalue weighted by Gasteiger charge is 2.33. The molecule has 1 fully saturated rings. The Morgan fingerprint density at radius 1 is 1.45 bits per heavy atom. The van der Waals surface area contributed by atoms with E-state index in [4.69, 9.17) is 17.3 Å². The van der Waals surface area contributed by atoms with E-state index in [1.54, 1.807) is 13.0 Å². The molecule has 0 amide bonds. The van der Waals surface area contributed by atoms with Crippen molar-refractivity contribution in [2.45, 2.75) is 31.3 Å². The summed E-state index contributed by atoms with van der Waals surface area (Å²) in [6.45, 7) is 4.16. The summed E-state index contributed by atoms with van der Waals surface area (Å²) in [7, 11) is -3.60. The van der Waals surface area contributed by atoms with Crippen molar-refractivity contribution in [1.82, 2.24) is 4.31 Å². The third-order valence-corrected chi connectivity index (χ3v) is 6.07. The molecule has 0 spiro atoms. The molecule has 7 heteroatoms. The van der Waals surface area contributed by atoms with Gasteiger partial charge < -0.3 is 10.8 Å². The Hall–Kier alpha value is -0.820. The smallest absolute Gasteiger partial charge is 0.243 e. The van der Waals surface area contributed by atoms with Gasteiger partial charge in [-0.3, -0.25) is 0 Å². The van der Waals surface area contributed by atoms with Crippen molar-refractivity contribution in [3.63, 3.8) is 0 Å². The maximum atomic E-state index is 12.7. The van der Waals surface area contributed by atoms with Crippen LogP contribution in [0.3, 0.4) is 0 Å². The van der Waals surface area contributed by atoms with Gasteiger partial charge >= 0.3 is 0 Å². The van der Waals surface area contributed by atoms with Crippen LogP contribution in [0.4, 0.5) is 5.69 Å². The van der Waals surface area contributed by atoms with Crippen molar-refractivity contribution in [1.29, 1.82) is 0 Å². The van der Waals surface area contributed by atoms with Gasteiger partial charge in [-0.25, -0.2) is 8.42 Å². The van der Waals surface area contributed by atoms with Gasteiger partial charge in [0.2, 0.25) is 10.0 Å². The van der Waals surface area contributed by atoms with Crippen molar-refractivity contribution in [3.05, 3.63) is 22.7 Å². The average Bonchev–Trinajstić information content (AvgIpc) is 2.36. The number of rotatable bonds is 2. The van der Waals surface area contributed by atoms with Crippen LogP contribution in [0.25, 0.3) is 0 Å². The highest BCUT2D eigenvalue weighted by atomic mass is 35.5. The number of aliphatic hydroxyl groups excluding tert-OH is 1. The number of halogens is 1. The van der Waals surface area contributed by atoms with Crippen LogP contribution in [0.1, 0.15) is 18.9 Å². The standard InChI is InChI=1S/C13H19ClN2O3S/c1-8-5-10(14)11(15)6-13(8)20(18,19)16-4-3-12(17)9(2)7-16/h5-6,9,12,17H,3-4,7,15H2,1-2H3. The number of aliphatic hydroxyl groups is 1. The minimum absolute atomic E-state index is 0.0801. The summed E-state index contributed by atoms with van der Waals surface area (Å²) < 4.78 is 26.7. The monoisotopic (exact) mass is 318 g/mol. The molecular weight excluding hydrogens is 300 g/mol. The van der Waals surface area contributed by atoms with Crippen molar-refractivity contribution < 1.29 is 13.5 Å². The number of piperidine rings is 1. The van der Waals surface area contributed by atoms with Crippen LogP contribution in [-0.2, 0) is 10.0 Å². The Morgan fingerprint density at radius 2 is 2.10 bits per heavy atom. The second-order valence-electron chi connectivity index (χ2n) is 5.34. The third-order valence-electron chi connectivity index (χ3n) is 3.73. The summed E-state index contributed by atoms with van der Waals surface area (Å²) in [6, 6.07) is 2.97. The van der Waals surface area contributed by atoms with E-state index in [1.807, 2.05) is 6.92 Å². The van der Waals surface area contributed by atoms with Crippen LogP contribution in [0, 0.1) is 12.8 Å². The molecule has 2 unspecified atom stereocenters. The maximum Gasteiger partial charge on any atom is 0.243 e. The van der Waals surface area contributed by atoms with E-state index in [0.717, 1.165) is 0 Å². The Kier molecular flexibility index (Phi) is 4.30. The molecule has 1 saturated heterocycles. The van der Waals surface area contributed by atoms with Gasteiger partial charge in [-0.05, 0) is 37.0 Å². The van der Waals surface area contributed by atoms with Crippen LogP contribution >= 0.6 is 11.6 Å². The summed E-state index contributed by atoms with van der Waals surface area (Å²) in [5, 5.41) is 10.1. The fourth-order valence-corrected chi connectivity index (χ4v) is 4.41. The fraction of sp³-hybridized carbons (Fsp3) is 0.538. The second kappa shape index (κ2) is 5.52. The maximum absolute atomic E-state index is 12.7. The number of sulfonamides is 1. The molecule has 2 atom stereocenters. The lowest BCUT2D eigenvalue weighted by atomic mass is 9.99. The molecular formula is C13H19ClN2O3S. The number of nitrogen functional groups attached to an aromatic ring is 1. The van der Waals surface area contributed by atoms with E-state index >= 15 is 0 Å². The van der Waals surface area contributed by atoms with Crippen molar-refractivity contribution >= 4 is 27.3 Å². The lowest BCUT2D eigenvalue weighted by Crippen LogP contribution is -2.45. The Balaban J connectivity index is 2.38. The first-order valence-corrected chi connectivity index (χ1v) is 8.29. The number of benzene rings is 1. The van der Waals surface area contributed by atoms with Crippen LogP contribution in [-0.4, -0.2) is 37.0 Å². The Morgan fingerprint density at radius 3 is 2.70 bits per heavy atom. The normalized spacial score (nSPS) is 24.8. The topological polar surface area (TPSA) is 83.6 Å². The molecule has 112 valence electrons.